The quantitative estimate of drug-likeness (QED) is 0.651. The molecule has 3 N–H and O–H groups in total. The van der Waals surface area contributed by atoms with Crippen LogP contribution in [-0.4, -0.2) is 24.7 Å². The molecule has 4 heteroatoms. The van der Waals surface area contributed by atoms with Crippen LogP contribution >= 0.6 is 0 Å². The van der Waals surface area contributed by atoms with Crippen molar-refractivity contribution >= 4 is 11.6 Å². The molecule has 23 heavy (non-hydrogen) atoms. The zero-order valence-corrected chi connectivity index (χ0v) is 14.1. The Morgan fingerprint density at radius 2 is 2.09 bits per heavy atom. The Hall–Kier alpha value is -1.55. The van der Waals surface area contributed by atoms with Crippen molar-refractivity contribution in [1.29, 1.82) is 0 Å². The minimum absolute atomic E-state index is 0.0787. The summed E-state index contributed by atoms with van der Waals surface area (Å²) in [6.45, 7) is 5.39. The Morgan fingerprint density at radius 1 is 1.26 bits per heavy atom. The molecule has 1 aromatic rings. The molecule has 0 amide bonds. The number of aliphatic imine (C=N–C) groups is 1. The summed E-state index contributed by atoms with van der Waals surface area (Å²) in [6.07, 6.45) is 6.34. The van der Waals surface area contributed by atoms with Crippen molar-refractivity contribution in [2.75, 3.05) is 11.9 Å². The molecule has 2 fully saturated rings. The molecule has 3 atom stereocenters. The number of hydrogen-bond acceptors (Lipinski definition) is 2. The van der Waals surface area contributed by atoms with Crippen molar-refractivity contribution < 1.29 is 4.74 Å². The smallest absolute Gasteiger partial charge is 0.193 e. The van der Waals surface area contributed by atoms with Crippen LogP contribution in [0, 0.1) is 11.3 Å². The van der Waals surface area contributed by atoms with Gasteiger partial charge in [-0.05, 0) is 55.4 Å². The van der Waals surface area contributed by atoms with Gasteiger partial charge in [-0.25, -0.2) is 4.99 Å². The van der Waals surface area contributed by atoms with E-state index in [1.165, 1.54) is 36.8 Å². The van der Waals surface area contributed by atoms with E-state index in [2.05, 4.69) is 37.4 Å². The largest absolute Gasteiger partial charge is 0.377 e. The molecular weight excluding hydrogens is 286 g/mol. The number of rotatable bonds is 2. The number of hydrogen-bond donors (Lipinski definition) is 2. The fourth-order valence-corrected chi connectivity index (χ4v) is 4.74. The summed E-state index contributed by atoms with van der Waals surface area (Å²) in [5.41, 5.74) is 10.3. The van der Waals surface area contributed by atoms with Crippen LogP contribution in [0.15, 0.2) is 23.2 Å². The van der Waals surface area contributed by atoms with E-state index in [1.54, 1.807) is 0 Å². The molecule has 0 bridgehead atoms. The minimum atomic E-state index is 0.0787. The van der Waals surface area contributed by atoms with Crippen molar-refractivity contribution in [3.8, 4) is 0 Å². The molecule has 1 heterocycles. The van der Waals surface area contributed by atoms with Gasteiger partial charge in [-0.3, -0.25) is 0 Å². The van der Waals surface area contributed by atoms with Gasteiger partial charge in [0.1, 0.15) is 0 Å². The van der Waals surface area contributed by atoms with Gasteiger partial charge in [-0.1, -0.05) is 19.9 Å². The molecule has 1 aliphatic heterocycles. The second-order valence-corrected chi connectivity index (χ2v) is 7.84. The van der Waals surface area contributed by atoms with Crippen LogP contribution in [0.2, 0.25) is 0 Å². The van der Waals surface area contributed by atoms with E-state index in [0.717, 1.165) is 18.7 Å². The molecule has 0 radical (unpaired) electrons. The Kier molecular flexibility index (Phi) is 3.60. The van der Waals surface area contributed by atoms with Crippen LogP contribution in [0.5, 0.6) is 0 Å². The number of benzene rings is 1. The molecule has 2 aliphatic carbocycles. The molecule has 1 saturated carbocycles. The van der Waals surface area contributed by atoms with Gasteiger partial charge in [0, 0.05) is 23.6 Å². The van der Waals surface area contributed by atoms with Crippen LogP contribution in [0.1, 0.15) is 44.2 Å². The first kappa shape index (κ1) is 15.0. The highest BCUT2D eigenvalue weighted by molar-refractivity contribution is 5.92. The summed E-state index contributed by atoms with van der Waals surface area (Å²) >= 11 is 0. The predicted molar refractivity (Wildman–Crippen MR) is 93.7 cm³/mol. The van der Waals surface area contributed by atoms with Crippen molar-refractivity contribution in [1.82, 2.24) is 0 Å². The first-order valence-electron chi connectivity index (χ1n) is 8.89. The lowest BCUT2D eigenvalue weighted by Gasteiger charge is -2.58. The number of guanidine groups is 1. The van der Waals surface area contributed by atoms with Crippen LogP contribution < -0.4 is 11.1 Å². The SMILES string of the molecule is CC1(C)C(N=C(N)Nc2ccc3c(c2)CCC3)C2CCCOC21. The van der Waals surface area contributed by atoms with Crippen LogP contribution in [-0.2, 0) is 17.6 Å². The maximum atomic E-state index is 6.20. The zero-order chi connectivity index (χ0) is 16.0. The number of anilines is 1. The van der Waals surface area contributed by atoms with E-state index in [9.17, 15) is 0 Å². The number of nitrogens with zero attached hydrogens (tertiary/aromatic N) is 1. The Labute approximate surface area is 138 Å². The summed E-state index contributed by atoms with van der Waals surface area (Å²) < 4.78 is 5.94. The molecular formula is C19H27N3O. The molecule has 0 spiro atoms. The third kappa shape index (κ3) is 2.53. The van der Waals surface area contributed by atoms with Crippen molar-refractivity contribution in [2.24, 2.45) is 22.1 Å². The normalized spacial score (nSPS) is 31.9. The van der Waals surface area contributed by atoms with E-state index < -0.39 is 0 Å². The lowest BCUT2D eigenvalue weighted by Crippen LogP contribution is -2.64. The molecule has 1 aromatic carbocycles. The predicted octanol–water partition coefficient (Wildman–Crippen LogP) is 3.11. The van der Waals surface area contributed by atoms with E-state index >= 15 is 0 Å². The molecule has 3 aliphatic rings. The van der Waals surface area contributed by atoms with Gasteiger partial charge < -0.3 is 15.8 Å². The Bertz CT molecular complexity index is 638. The Balaban J connectivity index is 1.48. The molecule has 1 saturated heterocycles. The molecule has 3 unspecified atom stereocenters. The standard InChI is InChI=1S/C19H27N3O/c1-19(2)16(15-7-4-10-23-17(15)19)22-18(20)21-14-9-8-12-5-3-6-13(12)11-14/h8-9,11,15-17H,3-7,10H2,1-2H3,(H3,20,21,22). The second-order valence-electron chi connectivity index (χ2n) is 7.84. The Morgan fingerprint density at radius 3 is 2.96 bits per heavy atom. The minimum Gasteiger partial charge on any atom is -0.377 e. The second kappa shape index (κ2) is 5.52. The van der Waals surface area contributed by atoms with Crippen LogP contribution in [0.25, 0.3) is 0 Å². The number of ether oxygens (including phenoxy) is 1. The first-order valence-corrected chi connectivity index (χ1v) is 8.89. The topological polar surface area (TPSA) is 59.6 Å². The van der Waals surface area contributed by atoms with Gasteiger partial charge in [0.15, 0.2) is 5.96 Å². The number of nitrogens with two attached hydrogens (primary N) is 1. The summed E-state index contributed by atoms with van der Waals surface area (Å²) in [5.74, 6) is 1.06. The van der Waals surface area contributed by atoms with E-state index in [1.807, 2.05) is 0 Å². The third-order valence-corrected chi connectivity index (χ3v) is 5.92. The third-order valence-electron chi connectivity index (χ3n) is 5.92. The lowest BCUT2D eigenvalue weighted by atomic mass is 9.55. The highest BCUT2D eigenvalue weighted by Crippen LogP contribution is 2.53. The average Bonchev–Trinajstić information content (AvgIpc) is 3.00. The zero-order valence-electron chi connectivity index (χ0n) is 14.1. The first-order chi connectivity index (χ1) is 11.1. The van der Waals surface area contributed by atoms with Crippen LogP contribution in [0.4, 0.5) is 5.69 Å². The monoisotopic (exact) mass is 313 g/mol. The summed E-state index contributed by atoms with van der Waals surface area (Å²) in [6, 6.07) is 6.82. The number of nitrogens with one attached hydrogen (secondary N) is 1. The van der Waals surface area contributed by atoms with E-state index in [0.29, 0.717) is 18.0 Å². The molecule has 4 rings (SSSR count). The van der Waals surface area contributed by atoms with Crippen LogP contribution in [0.3, 0.4) is 0 Å². The maximum absolute atomic E-state index is 6.20. The van der Waals surface area contributed by atoms with E-state index in [4.69, 9.17) is 15.5 Å². The van der Waals surface area contributed by atoms with Gasteiger partial charge in [0.05, 0.1) is 12.1 Å². The van der Waals surface area contributed by atoms with E-state index in [-0.39, 0.29) is 11.5 Å². The molecule has 124 valence electrons. The van der Waals surface area contributed by atoms with Gasteiger partial charge in [0.2, 0.25) is 0 Å². The average molecular weight is 313 g/mol. The van der Waals surface area contributed by atoms with Crippen molar-refractivity contribution in [3.63, 3.8) is 0 Å². The number of aryl methyl sites for hydroxylation is 2. The van der Waals surface area contributed by atoms with Crippen molar-refractivity contribution in [2.45, 2.75) is 58.1 Å². The van der Waals surface area contributed by atoms with Gasteiger partial charge >= 0.3 is 0 Å². The number of fused-ring (bicyclic) bond motifs is 2. The fourth-order valence-electron chi connectivity index (χ4n) is 4.74. The lowest BCUT2D eigenvalue weighted by molar-refractivity contribution is -0.182. The summed E-state index contributed by atoms with van der Waals surface area (Å²) in [4.78, 5) is 4.81. The molecule has 0 aromatic heterocycles. The van der Waals surface area contributed by atoms with Gasteiger partial charge in [0.25, 0.3) is 0 Å². The summed E-state index contributed by atoms with van der Waals surface area (Å²) in [5, 5.41) is 3.29. The highest BCUT2D eigenvalue weighted by atomic mass is 16.5. The highest BCUT2D eigenvalue weighted by Gasteiger charge is 2.58. The molecule has 4 nitrogen and oxygen atoms in total. The fraction of sp³-hybridized carbons (Fsp3) is 0.632. The van der Waals surface area contributed by atoms with Crippen molar-refractivity contribution in [3.05, 3.63) is 29.3 Å². The summed E-state index contributed by atoms with van der Waals surface area (Å²) in [7, 11) is 0. The maximum Gasteiger partial charge on any atom is 0.193 e. The van der Waals surface area contributed by atoms with Gasteiger partial charge in [-0.2, -0.15) is 0 Å². The van der Waals surface area contributed by atoms with Gasteiger partial charge in [-0.15, -0.1) is 0 Å².